The molecule has 0 spiro atoms. The second kappa shape index (κ2) is 7.51. The number of aliphatic carboxylic acids is 1. The van der Waals surface area contributed by atoms with E-state index in [-0.39, 0.29) is 42.8 Å². The molecular formula is C19H19NaO4. The molecular weight excluding hydrogens is 315 g/mol. The molecule has 0 amide bonds. The molecule has 0 fully saturated rings. The molecule has 2 aromatic carbocycles. The van der Waals surface area contributed by atoms with E-state index in [4.69, 9.17) is 9.52 Å². The summed E-state index contributed by atoms with van der Waals surface area (Å²) in [6.07, 6.45) is 1.45. The fourth-order valence-corrected chi connectivity index (χ4v) is 3.12. The Balaban J connectivity index is 0.00000156. The van der Waals surface area contributed by atoms with Crippen molar-refractivity contribution in [3.8, 4) is 0 Å². The van der Waals surface area contributed by atoms with E-state index in [1.165, 1.54) is 0 Å². The Morgan fingerprint density at radius 3 is 2.38 bits per heavy atom. The van der Waals surface area contributed by atoms with E-state index in [1.807, 2.05) is 19.1 Å². The average Bonchev–Trinajstić information content (AvgIpc) is 2.54. The molecule has 0 aliphatic carbocycles. The summed E-state index contributed by atoms with van der Waals surface area (Å²) in [4.78, 5) is 23.9. The van der Waals surface area contributed by atoms with E-state index in [0.29, 0.717) is 27.5 Å². The second-order valence-electron chi connectivity index (χ2n) is 5.58. The standard InChI is InChI=1S/C19H18O4.Na.H/c1-3-11-8-9-15-17(22)14-7-5-6-12(10-16(20)21)18(14)23-19(15)13(11)4-2;;/h5-9H,3-4,10H2,1-2H3,(H,20,21);;/q;+1;-1. The number of carboxylic acids is 1. The summed E-state index contributed by atoms with van der Waals surface area (Å²) in [7, 11) is 0. The molecule has 0 unspecified atom stereocenters. The van der Waals surface area contributed by atoms with Crippen LogP contribution in [0.3, 0.4) is 0 Å². The summed E-state index contributed by atoms with van der Waals surface area (Å²) < 4.78 is 6.06. The topological polar surface area (TPSA) is 67.5 Å². The SMILES string of the molecule is CCc1ccc2c(=O)c3cccc(CC(=O)O)c3oc2c1CC.[H-].[Na+]. The number of hydrogen-bond donors (Lipinski definition) is 1. The van der Waals surface area contributed by atoms with Gasteiger partial charge in [-0.25, -0.2) is 0 Å². The Morgan fingerprint density at radius 1 is 1.04 bits per heavy atom. The van der Waals surface area contributed by atoms with Crippen LogP contribution in [0.25, 0.3) is 21.9 Å². The third-order valence-corrected chi connectivity index (χ3v) is 4.22. The van der Waals surface area contributed by atoms with E-state index < -0.39 is 5.97 Å². The molecule has 1 N–H and O–H groups in total. The van der Waals surface area contributed by atoms with Gasteiger partial charge in [-0.2, -0.15) is 0 Å². The molecule has 0 radical (unpaired) electrons. The molecule has 0 aliphatic heterocycles. The molecule has 0 saturated carbocycles. The number of hydrogen-bond acceptors (Lipinski definition) is 3. The molecule has 4 nitrogen and oxygen atoms in total. The summed E-state index contributed by atoms with van der Waals surface area (Å²) in [5, 5.41) is 10.1. The van der Waals surface area contributed by atoms with Crippen LogP contribution in [0.2, 0.25) is 0 Å². The molecule has 1 aromatic heterocycles. The second-order valence-corrected chi connectivity index (χ2v) is 5.58. The number of benzene rings is 2. The summed E-state index contributed by atoms with van der Waals surface area (Å²) in [6.45, 7) is 4.09. The van der Waals surface area contributed by atoms with E-state index in [2.05, 4.69) is 6.92 Å². The van der Waals surface area contributed by atoms with Crippen LogP contribution in [0.5, 0.6) is 0 Å². The van der Waals surface area contributed by atoms with Gasteiger partial charge in [-0.1, -0.05) is 32.0 Å². The first-order valence-corrected chi connectivity index (χ1v) is 7.77. The monoisotopic (exact) mass is 334 g/mol. The van der Waals surface area contributed by atoms with Crippen LogP contribution in [0.15, 0.2) is 39.5 Å². The molecule has 3 rings (SSSR count). The first kappa shape index (κ1) is 18.7. The van der Waals surface area contributed by atoms with E-state index in [9.17, 15) is 9.59 Å². The Labute approximate surface area is 163 Å². The predicted octanol–water partition coefficient (Wildman–Crippen LogP) is 0.815. The van der Waals surface area contributed by atoms with Gasteiger partial charge in [0, 0.05) is 5.56 Å². The maximum Gasteiger partial charge on any atom is 1.00 e. The van der Waals surface area contributed by atoms with Crippen LogP contribution in [0, 0.1) is 0 Å². The molecule has 0 saturated heterocycles. The molecule has 3 aromatic rings. The number of carboxylic acid groups (broad SMARTS) is 1. The van der Waals surface area contributed by atoms with Crippen molar-refractivity contribution in [1.82, 2.24) is 0 Å². The molecule has 0 atom stereocenters. The van der Waals surface area contributed by atoms with Gasteiger partial charge in [0.1, 0.15) is 11.2 Å². The maximum atomic E-state index is 12.8. The van der Waals surface area contributed by atoms with Crippen LogP contribution in [-0.2, 0) is 24.1 Å². The largest absolute Gasteiger partial charge is 1.00 e. The molecule has 24 heavy (non-hydrogen) atoms. The Kier molecular flexibility index (Phi) is 5.86. The molecule has 0 aliphatic rings. The Hall–Kier alpha value is -1.62. The first-order valence-electron chi connectivity index (χ1n) is 7.77. The quantitative estimate of drug-likeness (QED) is 0.566. The number of aryl methyl sites for hydroxylation is 2. The van der Waals surface area contributed by atoms with Crippen molar-refractivity contribution in [1.29, 1.82) is 0 Å². The van der Waals surface area contributed by atoms with E-state index in [1.54, 1.807) is 18.2 Å². The van der Waals surface area contributed by atoms with Gasteiger partial charge >= 0.3 is 35.5 Å². The summed E-state index contributed by atoms with van der Waals surface area (Å²) >= 11 is 0. The maximum absolute atomic E-state index is 12.8. The van der Waals surface area contributed by atoms with Crippen molar-refractivity contribution in [2.75, 3.05) is 0 Å². The van der Waals surface area contributed by atoms with Gasteiger partial charge in [0.2, 0.25) is 5.43 Å². The number of fused-ring (bicyclic) bond motifs is 2. The fraction of sp³-hybridized carbons (Fsp3) is 0.263. The van der Waals surface area contributed by atoms with Crippen LogP contribution < -0.4 is 35.0 Å². The van der Waals surface area contributed by atoms with Gasteiger partial charge in [-0.15, -0.1) is 0 Å². The average molecular weight is 334 g/mol. The Bertz CT molecular complexity index is 978. The van der Waals surface area contributed by atoms with Crippen molar-refractivity contribution < 1.29 is 45.3 Å². The number of para-hydroxylation sites is 1. The minimum atomic E-state index is -0.946. The number of rotatable bonds is 4. The van der Waals surface area contributed by atoms with Crippen molar-refractivity contribution in [2.24, 2.45) is 0 Å². The third-order valence-electron chi connectivity index (χ3n) is 4.22. The van der Waals surface area contributed by atoms with Crippen molar-refractivity contribution in [2.45, 2.75) is 33.1 Å². The van der Waals surface area contributed by atoms with E-state index >= 15 is 0 Å². The van der Waals surface area contributed by atoms with Crippen molar-refractivity contribution in [3.63, 3.8) is 0 Å². The summed E-state index contributed by atoms with van der Waals surface area (Å²) in [5.41, 5.74) is 3.56. The summed E-state index contributed by atoms with van der Waals surface area (Å²) in [5.74, 6) is -0.946. The van der Waals surface area contributed by atoms with Gasteiger partial charge < -0.3 is 11.0 Å². The van der Waals surface area contributed by atoms with Crippen molar-refractivity contribution in [3.05, 3.63) is 57.2 Å². The smallest absolute Gasteiger partial charge is 1.00 e. The van der Waals surface area contributed by atoms with E-state index in [0.717, 1.165) is 24.0 Å². The molecule has 1 heterocycles. The molecule has 0 bridgehead atoms. The normalized spacial score (nSPS) is 10.8. The third kappa shape index (κ3) is 3.14. The zero-order valence-corrected chi connectivity index (χ0v) is 16.2. The number of carbonyl (C=O) groups is 1. The minimum absolute atomic E-state index is 0. The predicted molar refractivity (Wildman–Crippen MR) is 91.2 cm³/mol. The van der Waals surface area contributed by atoms with Crippen LogP contribution in [0.1, 0.15) is 32.0 Å². The minimum Gasteiger partial charge on any atom is -1.00 e. The van der Waals surface area contributed by atoms with Crippen LogP contribution in [-0.4, -0.2) is 11.1 Å². The molecule has 5 heteroatoms. The van der Waals surface area contributed by atoms with Gasteiger partial charge in [-0.3, -0.25) is 9.59 Å². The first-order chi connectivity index (χ1) is 11.1. The van der Waals surface area contributed by atoms with Gasteiger partial charge in [0.15, 0.2) is 0 Å². The van der Waals surface area contributed by atoms with Gasteiger partial charge in [0.25, 0.3) is 0 Å². The summed E-state index contributed by atoms with van der Waals surface area (Å²) in [6, 6.07) is 8.86. The Morgan fingerprint density at radius 2 is 1.75 bits per heavy atom. The van der Waals surface area contributed by atoms with Crippen LogP contribution >= 0.6 is 0 Å². The van der Waals surface area contributed by atoms with Gasteiger partial charge in [-0.05, 0) is 36.1 Å². The van der Waals surface area contributed by atoms with Crippen LogP contribution in [0.4, 0.5) is 0 Å². The fourth-order valence-electron chi connectivity index (χ4n) is 3.12. The van der Waals surface area contributed by atoms with Crippen molar-refractivity contribution >= 4 is 27.9 Å². The zero-order chi connectivity index (χ0) is 16.6. The zero-order valence-electron chi connectivity index (χ0n) is 15.2. The molecule has 120 valence electrons. The van der Waals surface area contributed by atoms with Gasteiger partial charge in [0.05, 0.1) is 17.2 Å².